The molecule has 4 rings (SSSR count). The molecule has 0 spiro atoms. The number of fused-ring (bicyclic) bond motifs is 1. The fourth-order valence-electron chi connectivity index (χ4n) is 4.84. The molecule has 11 heteroatoms. The molecule has 0 radical (unpaired) electrons. The third kappa shape index (κ3) is 5.29. The minimum atomic E-state index is -3.85. The number of oxazole rings is 1. The average Bonchev–Trinajstić information content (AvgIpc) is 3.25. The number of halogens is 2. The predicted molar refractivity (Wildman–Crippen MR) is 120 cm³/mol. The largest absolute Gasteiger partial charge is 0.431 e. The molecule has 2 N–H and O–H groups in total. The van der Waals surface area contributed by atoms with Crippen LogP contribution in [0.1, 0.15) is 67.5 Å². The van der Waals surface area contributed by atoms with Gasteiger partial charge >= 0.3 is 0 Å². The molecule has 1 aromatic carbocycles. The van der Waals surface area contributed by atoms with Gasteiger partial charge in [0.2, 0.25) is 10.0 Å². The first-order chi connectivity index (χ1) is 15.6. The smallest absolute Gasteiger partial charge is 0.298 e. The Bertz CT molecular complexity index is 1110. The second-order valence-electron chi connectivity index (χ2n) is 8.89. The van der Waals surface area contributed by atoms with Gasteiger partial charge in [-0.1, -0.05) is 12.8 Å². The lowest BCUT2D eigenvalue weighted by molar-refractivity contribution is 0.0934. The number of anilines is 2. The Morgan fingerprint density at radius 1 is 1.18 bits per heavy atom. The summed E-state index contributed by atoms with van der Waals surface area (Å²) in [5.74, 6) is -2.06. The van der Waals surface area contributed by atoms with Crippen LogP contribution >= 0.6 is 0 Å². The van der Waals surface area contributed by atoms with Gasteiger partial charge in [-0.2, -0.15) is 4.98 Å². The summed E-state index contributed by atoms with van der Waals surface area (Å²) in [6, 6.07) is 2.01. The Labute approximate surface area is 191 Å². The molecule has 2 heterocycles. The standard InChI is InChI=1S/C22H28F2N4O4S/c1-13(15-10-16(23)20(17(24)11-15)27-33(2,30)31)25-21(29)18-12-32-22(26-18)28-9-5-7-14-6-3-4-8-19(14)28/h10-14,19,27H,3-9H2,1-2H3,(H,25,29)/t13-,14?,19?/m1/s1. The summed E-state index contributed by atoms with van der Waals surface area (Å²) in [5, 5.41) is 2.66. The van der Waals surface area contributed by atoms with Gasteiger partial charge in [0, 0.05) is 12.6 Å². The number of sulfonamides is 1. The van der Waals surface area contributed by atoms with E-state index in [-0.39, 0.29) is 11.3 Å². The highest BCUT2D eigenvalue weighted by Crippen LogP contribution is 2.37. The van der Waals surface area contributed by atoms with E-state index in [2.05, 4.69) is 15.2 Å². The van der Waals surface area contributed by atoms with E-state index < -0.39 is 39.3 Å². The highest BCUT2D eigenvalue weighted by molar-refractivity contribution is 7.92. The maximum Gasteiger partial charge on any atom is 0.298 e. The summed E-state index contributed by atoms with van der Waals surface area (Å²) in [6.07, 6.45) is 9.08. The van der Waals surface area contributed by atoms with Crippen LogP contribution in [0.2, 0.25) is 0 Å². The van der Waals surface area contributed by atoms with Crippen LogP contribution < -0.4 is 14.9 Å². The van der Waals surface area contributed by atoms with Crippen LogP contribution in [0.5, 0.6) is 0 Å². The number of carbonyl (C=O) groups excluding carboxylic acids is 1. The summed E-state index contributed by atoms with van der Waals surface area (Å²) in [6.45, 7) is 2.40. The number of carbonyl (C=O) groups is 1. The van der Waals surface area contributed by atoms with Crippen molar-refractivity contribution in [3.63, 3.8) is 0 Å². The Balaban J connectivity index is 1.45. The van der Waals surface area contributed by atoms with Crippen LogP contribution in [0.3, 0.4) is 0 Å². The van der Waals surface area contributed by atoms with Crippen molar-refractivity contribution in [1.82, 2.24) is 10.3 Å². The molecule has 1 amide bonds. The highest BCUT2D eigenvalue weighted by Gasteiger charge is 2.35. The van der Waals surface area contributed by atoms with E-state index in [4.69, 9.17) is 4.42 Å². The number of nitrogens with zero attached hydrogens (tertiary/aromatic N) is 2. The van der Waals surface area contributed by atoms with E-state index in [0.717, 1.165) is 37.8 Å². The molecule has 33 heavy (non-hydrogen) atoms. The van der Waals surface area contributed by atoms with E-state index in [1.807, 2.05) is 4.72 Å². The second kappa shape index (κ2) is 9.28. The quantitative estimate of drug-likeness (QED) is 0.646. The van der Waals surface area contributed by atoms with E-state index in [9.17, 15) is 22.0 Å². The summed E-state index contributed by atoms with van der Waals surface area (Å²) >= 11 is 0. The molecule has 1 saturated heterocycles. The van der Waals surface area contributed by atoms with Gasteiger partial charge in [-0.15, -0.1) is 0 Å². The predicted octanol–water partition coefficient (Wildman–Crippen LogP) is 3.97. The third-order valence-corrected chi connectivity index (χ3v) is 6.99. The summed E-state index contributed by atoms with van der Waals surface area (Å²) in [5.41, 5.74) is -0.531. The molecule has 2 fully saturated rings. The average molecular weight is 483 g/mol. The molecule has 2 unspecified atom stereocenters. The van der Waals surface area contributed by atoms with Gasteiger partial charge < -0.3 is 14.6 Å². The van der Waals surface area contributed by atoms with Crippen LogP contribution in [0, 0.1) is 17.6 Å². The fraction of sp³-hybridized carbons (Fsp3) is 0.545. The number of piperidine rings is 1. The molecule has 8 nitrogen and oxygen atoms in total. The van der Waals surface area contributed by atoms with E-state index in [0.29, 0.717) is 18.0 Å². The number of nitrogens with one attached hydrogen (secondary N) is 2. The van der Waals surface area contributed by atoms with Crippen LogP contribution in [0.4, 0.5) is 20.5 Å². The topological polar surface area (TPSA) is 105 Å². The van der Waals surface area contributed by atoms with Crippen LogP contribution in [0.25, 0.3) is 0 Å². The molecule has 3 atom stereocenters. The van der Waals surface area contributed by atoms with Crippen molar-refractivity contribution in [1.29, 1.82) is 0 Å². The zero-order chi connectivity index (χ0) is 23.8. The molecule has 2 aliphatic rings. The Hall–Kier alpha value is -2.69. The molecule has 1 aromatic heterocycles. The zero-order valence-electron chi connectivity index (χ0n) is 18.6. The molecule has 0 bridgehead atoms. The van der Waals surface area contributed by atoms with Crippen molar-refractivity contribution >= 4 is 27.6 Å². The van der Waals surface area contributed by atoms with Gasteiger partial charge in [0.25, 0.3) is 11.9 Å². The van der Waals surface area contributed by atoms with Crippen LogP contribution in [-0.4, -0.2) is 38.2 Å². The van der Waals surface area contributed by atoms with E-state index in [1.54, 1.807) is 6.92 Å². The Kier molecular flexibility index (Phi) is 6.60. The fourth-order valence-corrected chi connectivity index (χ4v) is 5.41. The number of benzene rings is 1. The Morgan fingerprint density at radius 2 is 1.85 bits per heavy atom. The van der Waals surface area contributed by atoms with Gasteiger partial charge in [0.1, 0.15) is 12.0 Å². The van der Waals surface area contributed by atoms with E-state index >= 15 is 0 Å². The monoisotopic (exact) mass is 482 g/mol. The minimum absolute atomic E-state index is 0.0890. The minimum Gasteiger partial charge on any atom is -0.431 e. The lowest BCUT2D eigenvalue weighted by Gasteiger charge is -2.43. The normalized spacial score (nSPS) is 21.9. The number of hydrogen-bond acceptors (Lipinski definition) is 6. The van der Waals surface area contributed by atoms with Gasteiger partial charge in [-0.3, -0.25) is 9.52 Å². The molecular formula is C22H28F2N4O4S. The summed E-state index contributed by atoms with van der Waals surface area (Å²) in [4.78, 5) is 19.2. The number of aromatic nitrogens is 1. The molecule has 1 saturated carbocycles. The van der Waals surface area contributed by atoms with Crippen LogP contribution in [0.15, 0.2) is 22.8 Å². The maximum absolute atomic E-state index is 14.3. The zero-order valence-corrected chi connectivity index (χ0v) is 19.4. The van der Waals surface area contributed by atoms with Gasteiger partial charge in [0.15, 0.2) is 17.3 Å². The van der Waals surface area contributed by atoms with Crippen molar-refractivity contribution < 1.29 is 26.4 Å². The van der Waals surface area contributed by atoms with Gasteiger partial charge in [-0.25, -0.2) is 17.2 Å². The van der Waals surface area contributed by atoms with Crippen molar-refractivity contribution in [2.24, 2.45) is 5.92 Å². The van der Waals surface area contributed by atoms with Crippen molar-refractivity contribution in [2.45, 2.75) is 57.5 Å². The van der Waals surface area contributed by atoms with Gasteiger partial charge in [0.05, 0.1) is 12.3 Å². The number of amides is 1. The first kappa shape index (κ1) is 23.5. The molecule has 1 aliphatic heterocycles. The SMILES string of the molecule is C[C@@H](NC(=O)c1coc(N2CCCC3CCCCC32)n1)c1cc(F)c(NS(C)(=O)=O)c(F)c1. The maximum atomic E-state index is 14.3. The highest BCUT2D eigenvalue weighted by atomic mass is 32.2. The van der Waals surface area contributed by atoms with Crippen molar-refractivity contribution in [2.75, 3.05) is 22.4 Å². The molecular weight excluding hydrogens is 454 g/mol. The second-order valence-corrected chi connectivity index (χ2v) is 10.6. The van der Waals surface area contributed by atoms with E-state index in [1.165, 1.54) is 31.9 Å². The van der Waals surface area contributed by atoms with Crippen molar-refractivity contribution in [3.05, 3.63) is 41.3 Å². The van der Waals surface area contributed by atoms with Crippen molar-refractivity contribution in [3.8, 4) is 0 Å². The molecule has 1 aliphatic carbocycles. The third-order valence-electron chi connectivity index (χ3n) is 6.41. The summed E-state index contributed by atoms with van der Waals surface area (Å²) in [7, 11) is -3.85. The number of rotatable bonds is 6. The number of hydrogen-bond donors (Lipinski definition) is 2. The first-order valence-electron chi connectivity index (χ1n) is 11.1. The molecule has 180 valence electrons. The molecule has 2 aromatic rings. The summed E-state index contributed by atoms with van der Waals surface area (Å²) < 4.78 is 58.6. The lowest BCUT2D eigenvalue weighted by atomic mass is 9.78. The lowest BCUT2D eigenvalue weighted by Crippen LogP contribution is -2.47. The van der Waals surface area contributed by atoms with Crippen LogP contribution in [-0.2, 0) is 10.0 Å². The Morgan fingerprint density at radius 3 is 2.55 bits per heavy atom. The first-order valence-corrected chi connectivity index (χ1v) is 13.0. The van der Waals surface area contributed by atoms with Gasteiger partial charge in [-0.05, 0) is 56.2 Å².